The molecular formula is C47H62N2O2. The van der Waals surface area contributed by atoms with Crippen LogP contribution < -0.4 is 14.8 Å². The topological polar surface area (TPSA) is 33.7 Å². The Balaban J connectivity index is 0.000000208. The molecule has 2 aliphatic carbocycles. The molecule has 0 bridgehead atoms. The Labute approximate surface area is 309 Å². The predicted molar refractivity (Wildman–Crippen MR) is 217 cm³/mol. The third-order valence-corrected chi connectivity index (χ3v) is 10.5. The van der Waals surface area contributed by atoms with Crippen molar-refractivity contribution < 1.29 is 9.47 Å². The lowest BCUT2D eigenvalue weighted by atomic mass is 9.86. The minimum Gasteiger partial charge on any atom is -0.496 e. The van der Waals surface area contributed by atoms with E-state index < -0.39 is 0 Å². The highest BCUT2D eigenvalue weighted by Crippen LogP contribution is 2.34. The number of methoxy groups -OCH3 is 2. The van der Waals surface area contributed by atoms with Gasteiger partial charge in [0.1, 0.15) is 11.5 Å². The normalized spacial score (nSPS) is 17.3. The quantitative estimate of drug-likeness (QED) is 0.159. The molecule has 6 rings (SSSR count). The maximum Gasteiger partial charge on any atom is 0.122 e. The van der Waals surface area contributed by atoms with Crippen molar-refractivity contribution in [3.8, 4) is 11.5 Å². The van der Waals surface area contributed by atoms with Gasteiger partial charge in [0, 0.05) is 30.7 Å². The Hall–Kier alpha value is -4.12. The average molecular weight is 687 g/mol. The zero-order valence-electron chi connectivity index (χ0n) is 32.4. The standard InChI is InChI=1S/C23H29NO.C20H25NO.C4H8/c1-5-15-24(18(3)19-11-9-17(2)10-12-19)21-13-14-22-20(16-21)7-6-8-23(22)25-4;1-14-7-9-16(10-8-14)15(2)21-18-11-12-19-17(13-18)5-4-6-20(19)22-3;1-3-4-2/h5-12,18,21H,1,13-16H2,2-4H3;4-10,15,18,21H,11-13H2,1-3H3;3H,1,4H2,2H3/t18-,21+;15-,18+;/m11./s1. The number of hydrogen-bond acceptors (Lipinski definition) is 4. The highest BCUT2D eigenvalue weighted by atomic mass is 16.5. The largest absolute Gasteiger partial charge is 0.496 e. The first-order chi connectivity index (χ1) is 24.7. The zero-order valence-corrected chi connectivity index (χ0v) is 32.4. The number of fused-ring (bicyclic) bond motifs is 2. The van der Waals surface area contributed by atoms with Gasteiger partial charge < -0.3 is 14.8 Å². The second kappa shape index (κ2) is 20.1. The van der Waals surface area contributed by atoms with Crippen LogP contribution in [0.4, 0.5) is 0 Å². The fourth-order valence-electron chi connectivity index (χ4n) is 7.45. The van der Waals surface area contributed by atoms with Crippen LogP contribution in [-0.4, -0.2) is 37.7 Å². The van der Waals surface area contributed by atoms with Crippen LogP contribution in [-0.2, 0) is 25.7 Å². The molecule has 4 nitrogen and oxygen atoms in total. The summed E-state index contributed by atoms with van der Waals surface area (Å²) < 4.78 is 11.0. The van der Waals surface area contributed by atoms with Gasteiger partial charge in [-0.15, -0.1) is 13.2 Å². The minimum absolute atomic E-state index is 0.385. The number of nitrogens with zero attached hydrogens (tertiary/aromatic N) is 1. The van der Waals surface area contributed by atoms with E-state index in [2.05, 4.69) is 143 Å². The van der Waals surface area contributed by atoms with Gasteiger partial charge in [-0.05, 0) is 118 Å². The lowest BCUT2D eigenvalue weighted by Crippen LogP contribution is -2.41. The van der Waals surface area contributed by atoms with Gasteiger partial charge in [0.05, 0.1) is 14.2 Å². The van der Waals surface area contributed by atoms with Crippen molar-refractivity contribution in [3.63, 3.8) is 0 Å². The van der Waals surface area contributed by atoms with Gasteiger partial charge in [0.25, 0.3) is 0 Å². The smallest absolute Gasteiger partial charge is 0.122 e. The molecule has 272 valence electrons. The summed E-state index contributed by atoms with van der Waals surface area (Å²) in [7, 11) is 3.53. The lowest BCUT2D eigenvalue weighted by Gasteiger charge is -2.39. The number of ether oxygens (including phenoxy) is 2. The maximum absolute atomic E-state index is 5.55. The van der Waals surface area contributed by atoms with Crippen LogP contribution in [0.25, 0.3) is 0 Å². The maximum atomic E-state index is 5.55. The second-order valence-corrected chi connectivity index (χ2v) is 14.1. The molecule has 0 heterocycles. The number of aryl methyl sites for hydroxylation is 2. The van der Waals surface area contributed by atoms with E-state index in [9.17, 15) is 0 Å². The molecule has 0 unspecified atom stereocenters. The second-order valence-electron chi connectivity index (χ2n) is 14.1. The lowest BCUT2D eigenvalue weighted by molar-refractivity contribution is 0.147. The molecule has 4 atom stereocenters. The van der Waals surface area contributed by atoms with Crippen molar-refractivity contribution in [1.82, 2.24) is 10.2 Å². The first kappa shape index (κ1) is 39.7. The third-order valence-electron chi connectivity index (χ3n) is 10.5. The van der Waals surface area contributed by atoms with E-state index >= 15 is 0 Å². The highest BCUT2D eigenvalue weighted by Gasteiger charge is 2.29. The zero-order chi connectivity index (χ0) is 36.8. The van der Waals surface area contributed by atoms with Gasteiger partial charge in [-0.3, -0.25) is 4.90 Å². The van der Waals surface area contributed by atoms with Gasteiger partial charge in [0.15, 0.2) is 0 Å². The summed E-state index contributed by atoms with van der Waals surface area (Å²) in [5.74, 6) is 2.08. The SMILES string of the molecule is C=CCC.C=CCN([C@H]1CCc2c(cccc2OC)C1)[C@H](C)c1ccc(C)cc1.COc1cccc2c1CC[C@H](N[C@H](C)c1ccc(C)cc1)C2. The van der Waals surface area contributed by atoms with Crippen LogP contribution >= 0.6 is 0 Å². The number of nitrogens with one attached hydrogen (secondary N) is 1. The minimum atomic E-state index is 0.385. The fourth-order valence-corrected chi connectivity index (χ4v) is 7.45. The van der Waals surface area contributed by atoms with E-state index in [0.29, 0.717) is 24.2 Å². The van der Waals surface area contributed by atoms with E-state index in [4.69, 9.17) is 9.47 Å². The average Bonchev–Trinajstić information content (AvgIpc) is 3.16. The Bertz CT molecular complexity index is 1660. The summed E-state index contributed by atoms with van der Waals surface area (Å²) >= 11 is 0. The van der Waals surface area contributed by atoms with E-state index in [0.717, 1.165) is 56.6 Å². The first-order valence-corrected chi connectivity index (χ1v) is 18.9. The Morgan fingerprint density at radius 3 is 1.75 bits per heavy atom. The number of hydrogen-bond donors (Lipinski definition) is 1. The molecular weight excluding hydrogens is 625 g/mol. The van der Waals surface area contributed by atoms with Gasteiger partial charge in [0.2, 0.25) is 0 Å². The monoisotopic (exact) mass is 686 g/mol. The summed E-state index contributed by atoms with van der Waals surface area (Å²) in [6.45, 7) is 19.3. The molecule has 1 N–H and O–H groups in total. The molecule has 2 aliphatic rings. The molecule has 0 fully saturated rings. The number of benzene rings is 4. The van der Waals surface area contributed by atoms with Crippen LogP contribution in [0, 0.1) is 13.8 Å². The molecule has 0 saturated carbocycles. The van der Waals surface area contributed by atoms with Crippen LogP contribution in [0.5, 0.6) is 11.5 Å². The van der Waals surface area contributed by atoms with E-state index in [1.54, 1.807) is 14.2 Å². The van der Waals surface area contributed by atoms with Gasteiger partial charge in [-0.1, -0.05) is 103 Å². The molecule has 0 spiro atoms. The van der Waals surface area contributed by atoms with Crippen molar-refractivity contribution in [2.75, 3.05) is 20.8 Å². The van der Waals surface area contributed by atoms with Crippen molar-refractivity contribution in [3.05, 3.63) is 155 Å². The van der Waals surface area contributed by atoms with Crippen molar-refractivity contribution in [1.29, 1.82) is 0 Å². The first-order valence-electron chi connectivity index (χ1n) is 18.9. The van der Waals surface area contributed by atoms with Crippen LogP contribution in [0.3, 0.4) is 0 Å². The molecule has 4 aromatic carbocycles. The predicted octanol–water partition coefficient (Wildman–Crippen LogP) is 10.9. The summed E-state index contributed by atoms with van der Waals surface area (Å²) in [5, 5.41) is 3.79. The van der Waals surface area contributed by atoms with E-state index in [1.807, 2.05) is 12.2 Å². The molecule has 0 saturated heterocycles. The number of allylic oxidation sites excluding steroid dienone is 1. The third kappa shape index (κ3) is 10.9. The van der Waals surface area contributed by atoms with Gasteiger partial charge >= 0.3 is 0 Å². The molecule has 0 radical (unpaired) electrons. The Kier molecular flexibility index (Phi) is 15.6. The van der Waals surface area contributed by atoms with Crippen molar-refractivity contribution in [2.24, 2.45) is 0 Å². The molecule has 0 aromatic heterocycles. The summed E-state index contributed by atoms with van der Waals surface area (Å²) in [6.07, 6.45) is 11.7. The summed E-state index contributed by atoms with van der Waals surface area (Å²) in [6, 6.07) is 32.5. The molecule has 51 heavy (non-hydrogen) atoms. The van der Waals surface area contributed by atoms with Crippen molar-refractivity contribution >= 4 is 0 Å². The Morgan fingerprint density at radius 1 is 0.725 bits per heavy atom. The summed E-state index contributed by atoms with van der Waals surface area (Å²) in [4.78, 5) is 2.60. The molecule has 0 aliphatic heterocycles. The van der Waals surface area contributed by atoms with E-state index in [-0.39, 0.29) is 0 Å². The van der Waals surface area contributed by atoms with Crippen LogP contribution in [0.2, 0.25) is 0 Å². The van der Waals surface area contributed by atoms with Crippen LogP contribution in [0.1, 0.15) is 96.6 Å². The fraction of sp³-hybridized carbons (Fsp3) is 0.404. The van der Waals surface area contributed by atoms with Gasteiger partial charge in [-0.2, -0.15) is 0 Å². The van der Waals surface area contributed by atoms with Gasteiger partial charge in [-0.25, -0.2) is 0 Å². The molecule has 4 heteroatoms. The Morgan fingerprint density at radius 2 is 1.24 bits per heavy atom. The highest BCUT2D eigenvalue weighted by molar-refractivity contribution is 5.43. The van der Waals surface area contributed by atoms with Crippen LogP contribution in [0.15, 0.2) is 110 Å². The van der Waals surface area contributed by atoms with Crippen molar-refractivity contribution in [2.45, 2.75) is 104 Å². The van der Waals surface area contributed by atoms with E-state index in [1.165, 1.54) is 50.9 Å². The molecule has 4 aromatic rings. The summed E-state index contributed by atoms with van der Waals surface area (Å²) in [5.41, 5.74) is 11.0. The molecule has 0 amide bonds. The number of rotatable bonds is 11.